The summed E-state index contributed by atoms with van der Waals surface area (Å²) in [4.78, 5) is 12.9. The highest BCUT2D eigenvalue weighted by atomic mass is 16.5. The molecule has 124 valence electrons. The lowest BCUT2D eigenvalue weighted by molar-refractivity contribution is 0.0958. The number of methoxy groups -OCH3 is 1. The third kappa shape index (κ3) is 2.76. The number of ether oxygens (including phenoxy) is 1. The standard InChI is InChI=1S/C21H17NO3/c1-24-18(14-8-4-2-5-9-14)13-16-12-17-19(20(16)23)21(25-22-17)15-10-6-3-7-11-15/h2-11,13,16H,12H2,1H3. The maximum Gasteiger partial charge on any atom is 0.177 e. The van der Waals surface area contributed by atoms with Gasteiger partial charge in [-0.2, -0.15) is 0 Å². The molecule has 1 aliphatic rings. The van der Waals surface area contributed by atoms with Gasteiger partial charge in [0.25, 0.3) is 0 Å². The Balaban J connectivity index is 1.68. The fourth-order valence-electron chi connectivity index (χ4n) is 3.19. The van der Waals surface area contributed by atoms with Crippen LogP contribution in [0.2, 0.25) is 0 Å². The SMILES string of the molecule is COC(=CC1Cc2noc(-c3ccccc3)c2C1=O)c1ccccc1. The van der Waals surface area contributed by atoms with E-state index in [0.29, 0.717) is 29.2 Å². The first kappa shape index (κ1) is 15.4. The van der Waals surface area contributed by atoms with Gasteiger partial charge in [0.05, 0.1) is 24.3 Å². The van der Waals surface area contributed by atoms with E-state index in [1.807, 2.05) is 66.7 Å². The Bertz CT molecular complexity index is 926. The van der Waals surface area contributed by atoms with Gasteiger partial charge in [0.1, 0.15) is 5.76 Å². The number of fused-ring (bicyclic) bond motifs is 1. The first-order valence-electron chi connectivity index (χ1n) is 8.17. The maximum absolute atomic E-state index is 12.9. The quantitative estimate of drug-likeness (QED) is 0.666. The first-order valence-corrected chi connectivity index (χ1v) is 8.17. The molecular formula is C21H17NO3. The second-order valence-electron chi connectivity index (χ2n) is 5.98. The minimum absolute atomic E-state index is 0.0283. The zero-order chi connectivity index (χ0) is 17.2. The third-order valence-electron chi connectivity index (χ3n) is 4.43. The highest BCUT2D eigenvalue weighted by molar-refractivity contribution is 6.07. The number of hydrogen-bond acceptors (Lipinski definition) is 4. The number of carbonyl (C=O) groups is 1. The summed E-state index contributed by atoms with van der Waals surface area (Å²) in [6, 6.07) is 19.4. The molecule has 4 heteroatoms. The Labute approximate surface area is 145 Å². The van der Waals surface area contributed by atoms with Gasteiger partial charge in [-0.05, 0) is 6.08 Å². The van der Waals surface area contributed by atoms with Crippen molar-refractivity contribution >= 4 is 11.5 Å². The molecule has 0 N–H and O–H groups in total. The van der Waals surface area contributed by atoms with Crippen molar-refractivity contribution < 1.29 is 14.1 Å². The van der Waals surface area contributed by atoms with Crippen LogP contribution in [0.5, 0.6) is 0 Å². The summed E-state index contributed by atoms with van der Waals surface area (Å²) in [5.74, 6) is 0.990. The Kier molecular flexibility index (Phi) is 3.94. The van der Waals surface area contributed by atoms with E-state index in [4.69, 9.17) is 9.26 Å². The molecule has 0 spiro atoms. The van der Waals surface area contributed by atoms with E-state index in [2.05, 4.69) is 5.16 Å². The lowest BCUT2D eigenvalue weighted by Gasteiger charge is -2.09. The van der Waals surface area contributed by atoms with Gasteiger partial charge in [0.2, 0.25) is 0 Å². The number of allylic oxidation sites excluding steroid dienone is 1. The van der Waals surface area contributed by atoms with Crippen molar-refractivity contribution in [3.05, 3.63) is 83.6 Å². The van der Waals surface area contributed by atoms with E-state index < -0.39 is 0 Å². The zero-order valence-electron chi connectivity index (χ0n) is 13.8. The first-order chi connectivity index (χ1) is 12.3. The Morgan fingerprint density at radius 3 is 2.48 bits per heavy atom. The molecule has 0 bridgehead atoms. The van der Waals surface area contributed by atoms with Crippen LogP contribution in [0.3, 0.4) is 0 Å². The number of rotatable bonds is 4. The van der Waals surface area contributed by atoms with Gasteiger partial charge < -0.3 is 9.26 Å². The number of carbonyl (C=O) groups excluding carboxylic acids is 1. The van der Waals surface area contributed by atoms with Gasteiger partial charge in [-0.25, -0.2) is 0 Å². The average Bonchev–Trinajstić information content (AvgIpc) is 3.21. The Morgan fingerprint density at radius 2 is 1.80 bits per heavy atom. The van der Waals surface area contributed by atoms with Gasteiger partial charge in [-0.1, -0.05) is 65.8 Å². The molecule has 25 heavy (non-hydrogen) atoms. The van der Waals surface area contributed by atoms with E-state index in [1.165, 1.54) is 0 Å². The van der Waals surface area contributed by atoms with E-state index in [1.54, 1.807) is 7.11 Å². The molecule has 1 heterocycles. The average molecular weight is 331 g/mol. The van der Waals surface area contributed by atoms with Crippen molar-refractivity contribution in [3.63, 3.8) is 0 Å². The summed E-state index contributed by atoms with van der Waals surface area (Å²) in [5, 5.41) is 4.11. The number of nitrogens with zero attached hydrogens (tertiary/aromatic N) is 1. The highest BCUT2D eigenvalue weighted by Gasteiger charge is 2.36. The number of aromatic nitrogens is 1. The second kappa shape index (κ2) is 6.40. The van der Waals surface area contributed by atoms with Crippen LogP contribution in [0, 0.1) is 5.92 Å². The lowest BCUT2D eigenvalue weighted by Crippen LogP contribution is -2.08. The molecule has 1 aliphatic carbocycles. The van der Waals surface area contributed by atoms with E-state index in [9.17, 15) is 4.79 Å². The monoisotopic (exact) mass is 331 g/mol. The van der Waals surface area contributed by atoms with Crippen molar-refractivity contribution in [2.24, 2.45) is 5.92 Å². The molecule has 0 saturated carbocycles. The predicted molar refractivity (Wildman–Crippen MR) is 94.9 cm³/mol. The molecule has 0 saturated heterocycles. The maximum atomic E-state index is 12.9. The van der Waals surface area contributed by atoms with Crippen LogP contribution >= 0.6 is 0 Å². The normalized spacial score (nSPS) is 16.8. The number of Topliss-reactive ketones (excluding diaryl/α,β-unsaturated/α-hetero) is 1. The van der Waals surface area contributed by atoms with Gasteiger partial charge in [0, 0.05) is 17.5 Å². The van der Waals surface area contributed by atoms with Gasteiger partial charge in [-0.15, -0.1) is 0 Å². The molecule has 0 amide bonds. The van der Waals surface area contributed by atoms with Crippen LogP contribution in [0.15, 0.2) is 71.3 Å². The number of benzene rings is 2. The zero-order valence-corrected chi connectivity index (χ0v) is 13.8. The van der Waals surface area contributed by atoms with Crippen molar-refractivity contribution in [3.8, 4) is 11.3 Å². The van der Waals surface area contributed by atoms with Crippen LogP contribution in [0.4, 0.5) is 0 Å². The topological polar surface area (TPSA) is 52.3 Å². The summed E-state index contributed by atoms with van der Waals surface area (Å²) in [6.45, 7) is 0. The van der Waals surface area contributed by atoms with E-state index in [-0.39, 0.29) is 11.7 Å². The van der Waals surface area contributed by atoms with E-state index in [0.717, 1.165) is 11.1 Å². The molecule has 1 aromatic heterocycles. The number of ketones is 1. The second-order valence-corrected chi connectivity index (χ2v) is 5.98. The molecular weight excluding hydrogens is 314 g/mol. The van der Waals surface area contributed by atoms with Crippen molar-refractivity contribution in [2.45, 2.75) is 6.42 Å². The highest BCUT2D eigenvalue weighted by Crippen LogP contribution is 2.36. The molecule has 0 aliphatic heterocycles. The minimum Gasteiger partial charge on any atom is -0.496 e. The number of hydrogen-bond donors (Lipinski definition) is 0. The largest absolute Gasteiger partial charge is 0.496 e. The fourth-order valence-corrected chi connectivity index (χ4v) is 3.19. The molecule has 0 fully saturated rings. The van der Waals surface area contributed by atoms with Crippen LogP contribution in [-0.2, 0) is 11.2 Å². The van der Waals surface area contributed by atoms with Crippen molar-refractivity contribution in [1.29, 1.82) is 0 Å². The van der Waals surface area contributed by atoms with Crippen molar-refractivity contribution in [1.82, 2.24) is 5.16 Å². The lowest BCUT2D eigenvalue weighted by atomic mass is 10.0. The van der Waals surface area contributed by atoms with Crippen LogP contribution in [-0.4, -0.2) is 18.0 Å². The van der Waals surface area contributed by atoms with Crippen LogP contribution in [0.25, 0.3) is 17.1 Å². The van der Waals surface area contributed by atoms with Gasteiger partial charge in [-0.3, -0.25) is 4.79 Å². The molecule has 4 rings (SSSR count). The van der Waals surface area contributed by atoms with Gasteiger partial charge in [0.15, 0.2) is 11.5 Å². The fraction of sp³-hybridized carbons (Fsp3) is 0.143. The molecule has 4 nitrogen and oxygen atoms in total. The van der Waals surface area contributed by atoms with Gasteiger partial charge >= 0.3 is 0 Å². The molecule has 1 unspecified atom stereocenters. The van der Waals surface area contributed by atoms with E-state index >= 15 is 0 Å². The summed E-state index contributed by atoms with van der Waals surface area (Å²) in [5.41, 5.74) is 3.12. The summed E-state index contributed by atoms with van der Waals surface area (Å²) >= 11 is 0. The summed E-state index contributed by atoms with van der Waals surface area (Å²) in [7, 11) is 1.62. The van der Waals surface area contributed by atoms with Crippen molar-refractivity contribution in [2.75, 3.05) is 7.11 Å². The molecule has 3 aromatic rings. The minimum atomic E-state index is -0.286. The Hall–Kier alpha value is -3.14. The third-order valence-corrected chi connectivity index (χ3v) is 4.43. The Morgan fingerprint density at radius 1 is 1.12 bits per heavy atom. The molecule has 0 radical (unpaired) electrons. The predicted octanol–water partition coefficient (Wildman–Crippen LogP) is 4.38. The van der Waals surface area contributed by atoms with Crippen LogP contribution < -0.4 is 0 Å². The summed E-state index contributed by atoms with van der Waals surface area (Å²) < 4.78 is 10.9. The smallest absolute Gasteiger partial charge is 0.177 e. The molecule has 2 aromatic carbocycles. The molecule has 1 atom stereocenters. The van der Waals surface area contributed by atoms with Crippen LogP contribution in [0.1, 0.15) is 21.6 Å². The summed E-state index contributed by atoms with van der Waals surface area (Å²) in [6.07, 6.45) is 2.41.